The first-order valence-corrected chi connectivity index (χ1v) is 8.24. The van der Waals surface area contributed by atoms with E-state index in [0.717, 1.165) is 33.9 Å². The Hall–Kier alpha value is -2.88. The van der Waals surface area contributed by atoms with Gasteiger partial charge in [0, 0.05) is 5.56 Å². The minimum atomic E-state index is 0.515. The second kappa shape index (κ2) is 7.79. The molecule has 1 heterocycles. The number of hydrogen-bond donors (Lipinski definition) is 0. The molecule has 0 atom stereocenters. The largest absolute Gasteiger partial charge is 0.493 e. The first kappa shape index (κ1) is 17.0. The molecule has 0 radical (unpaired) electrons. The van der Waals surface area contributed by atoms with Crippen LogP contribution in [-0.2, 0) is 0 Å². The summed E-state index contributed by atoms with van der Waals surface area (Å²) in [7, 11) is 3.27. The van der Waals surface area contributed by atoms with Crippen molar-refractivity contribution in [2.45, 2.75) is 6.92 Å². The third kappa shape index (κ3) is 3.79. The minimum absolute atomic E-state index is 0.515. The maximum Gasteiger partial charge on any atom is 0.168 e. The van der Waals surface area contributed by atoms with E-state index in [4.69, 9.17) is 18.9 Å². The van der Waals surface area contributed by atoms with Crippen molar-refractivity contribution in [3.8, 4) is 23.0 Å². The fourth-order valence-corrected chi connectivity index (χ4v) is 2.72. The molecule has 0 aromatic heterocycles. The first-order valence-electron chi connectivity index (χ1n) is 8.24. The van der Waals surface area contributed by atoms with E-state index in [9.17, 15) is 0 Å². The first-order chi connectivity index (χ1) is 12.2. The van der Waals surface area contributed by atoms with Crippen molar-refractivity contribution >= 4 is 12.2 Å². The molecule has 3 rings (SSSR count). The van der Waals surface area contributed by atoms with Crippen LogP contribution in [0.5, 0.6) is 23.0 Å². The Labute approximate surface area is 148 Å². The Morgan fingerprint density at radius 3 is 2.60 bits per heavy atom. The van der Waals surface area contributed by atoms with E-state index in [1.165, 1.54) is 0 Å². The van der Waals surface area contributed by atoms with Crippen molar-refractivity contribution in [1.29, 1.82) is 0 Å². The van der Waals surface area contributed by atoms with E-state index in [1.807, 2.05) is 49.4 Å². The van der Waals surface area contributed by atoms with Crippen LogP contribution >= 0.6 is 0 Å². The minimum Gasteiger partial charge on any atom is -0.493 e. The summed E-state index contributed by atoms with van der Waals surface area (Å²) < 4.78 is 22.1. The lowest BCUT2D eigenvalue weighted by molar-refractivity contribution is 0.292. The third-order valence-electron chi connectivity index (χ3n) is 3.93. The molecule has 0 spiro atoms. The molecule has 0 unspecified atom stereocenters. The van der Waals surface area contributed by atoms with Gasteiger partial charge in [0.15, 0.2) is 23.0 Å². The van der Waals surface area contributed by atoms with Crippen molar-refractivity contribution in [2.75, 3.05) is 27.4 Å². The molecule has 1 aliphatic rings. The molecule has 4 nitrogen and oxygen atoms in total. The Morgan fingerprint density at radius 1 is 1.00 bits per heavy atom. The van der Waals surface area contributed by atoms with Crippen LogP contribution in [0.15, 0.2) is 48.0 Å². The standard InChI is InChI=1S/C21H22O4/c1-4-24-19-7-5-6-17-12-16(14-25-21(17)19)9-8-15-10-11-18(22-2)20(13-15)23-3/h5-13H,4,14H2,1-3H3/b9-8+. The number of rotatable bonds is 6. The summed E-state index contributed by atoms with van der Waals surface area (Å²) >= 11 is 0. The van der Waals surface area contributed by atoms with Gasteiger partial charge in [-0.15, -0.1) is 0 Å². The maximum atomic E-state index is 5.90. The fraction of sp³-hybridized carbons (Fsp3) is 0.238. The summed E-state index contributed by atoms with van der Waals surface area (Å²) in [4.78, 5) is 0. The maximum absolute atomic E-state index is 5.90. The Bertz CT molecular complexity index is 806. The zero-order valence-electron chi connectivity index (χ0n) is 14.7. The van der Waals surface area contributed by atoms with Gasteiger partial charge in [-0.3, -0.25) is 0 Å². The second-order valence-electron chi connectivity index (χ2n) is 5.56. The lowest BCUT2D eigenvalue weighted by Gasteiger charge is -2.19. The lowest BCUT2D eigenvalue weighted by atomic mass is 10.1. The highest BCUT2D eigenvalue weighted by atomic mass is 16.5. The van der Waals surface area contributed by atoms with Crippen molar-refractivity contribution in [1.82, 2.24) is 0 Å². The average Bonchev–Trinajstić information content (AvgIpc) is 2.66. The Morgan fingerprint density at radius 2 is 1.84 bits per heavy atom. The van der Waals surface area contributed by atoms with Gasteiger partial charge >= 0.3 is 0 Å². The third-order valence-corrected chi connectivity index (χ3v) is 3.93. The van der Waals surface area contributed by atoms with Crippen molar-refractivity contribution < 1.29 is 18.9 Å². The van der Waals surface area contributed by atoms with Gasteiger partial charge in [-0.1, -0.05) is 30.4 Å². The Balaban J connectivity index is 1.82. The molecule has 2 aromatic rings. The number of ether oxygens (including phenoxy) is 4. The van der Waals surface area contributed by atoms with Gasteiger partial charge in [0.1, 0.15) is 6.61 Å². The van der Waals surface area contributed by atoms with Gasteiger partial charge in [0.2, 0.25) is 0 Å². The van der Waals surface area contributed by atoms with Gasteiger partial charge < -0.3 is 18.9 Å². The molecule has 0 saturated carbocycles. The van der Waals surface area contributed by atoms with Crippen LogP contribution in [0.3, 0.4) is 0 Å². The molecule has 4 heteroatoms. The van der Waals surface area contributed by atoms with Crippen LogP contribution in [0.2, 0.25) is 0 Å². The highest BCUT2D eigenvalue weighted by molar-refractivity contribution is 5.70. The van der Waals surface area contributed by atoms with Crippen molar-refractivity contribution in [2.24, 2.45) is 0 Å². The SMILES string of the molecule is CCOc1cccc2c1OCC(/C=C/c1ccc(OC)c(OC)c1)=C2. The molecule has 1 aliphatic heterocycles. The van der Waals surface area contributed by atoms with Gasteiger partial charge in [-0.05, 0) is 42.3 Å². The van der Waals surface area contributed by atoms with Crippen LogP contribution < -0.4 is 18.9 Å². The average molecular weight is 338 g/mol. The van der Waals surface area contributed by atoms with Crippen LogP contribution in [0.25, 0.3) is 12.2 Å². The molecular weight excluding hydrogens is 316 g/mol. The van der Waals surface area contributed by atoms with Crippen molar-refractivity contribution in [3.05, 3.63) is 59.2 Å². The number of benzene rings is 2. The van der Waals surface area contributed by atoms with Crippen LogP contribution in [-0.4, -0.2) is 27.4 Å². The van der Waals surface area contributed by atoms with E-state index in [2.05, 4.69) is 12.2 Å². The van der Waals surface area contributed by atoms with Crippen LogP contribution in [0.1, 0.15) is 18.1 Å². The summed E-state index contributed by atoms with van der Waals surface area (Å²) in [6.07, 6.45) is 6.21. The number of methoxy groups -OCH3 is 2. The topological polar surface area (TPSA) is 36.9 Å². The predicted molar refractivity (Wildman–Crippen MR) is 99.7 cm³/mol. The lowest BCUT2D eigenvalue weighted by Crippen LogP contribution is -2.07. The predicted octanol–water partition coefficient (Wildman–Crippen LogP) is 4.59. The Kier molecular flexibility index (Phi) is 5.29. The highest BCUT2D eigenvalue weighted by Crippen LogP contribution is 2.36. The molecule has 0 fully saturated rings. The molecule has 0 aliphatic carbocycles. The molecule has 0 saturated heterocycles. The second-order valence-corrected chi connectivity index (χ2v) is 5.56. The number of para-hydroxylation sites is 1. The molecule has 130 valence electrons. The van der Waals surface area contributed by atoms with Crippen LogP contribution in [0, 0.1) is 0 Å². The van der Waals surface area contributed by atoms with Gasteiger partial charge in [0.25, 0.3) is 0 Å². The summed E-state index contributed by atoms with van der Waals surface area (Å²) in [5, 5.41) is 0. The smallest absolute Gasteiger partial charge is 0.168 e. The normalized spacial score (nSPS) is 13.0. The summed E-state index contributed by atoms with van der Waals surface area (Å²) in [6, 6.07) is 11.8. The van der Waals surface area contributed by atoms with Gasteiger partial charge in [0.05, 0.1) is 20.8 Å². The molecule has 0 bridgehead atoms. The van der Waals surface area contributed by atoms with E-state index in [-0.39, 0.29) is 0 Å². The summed E-state index contributed by atoms with van der Waals surface area (Å²) in [6.45, 7) is 3.10. The van der Waals surface area contributed by atoms with E-state index >= 15 is 0 Å². The molecular formula is C21H22O4. The zero-order valence-corrected chi connectivity index (χ0v) is 14.7. The van der Waals surface area contributed by atoms with Crippen LogP contribution in [0.4, 0.5) is 0 Å². The van der Waals surface area contributed by atoms with E-state index in [1.54, 1.807) is 14.2 Å². The molecule has 2 aromatic carbocycles. The number of fused-ring (bicyclic) bond motifs is 1. The van der Waals surface area contributed by atoms with E-state index < -0.39 is 0 Å². The quantitative estimate of drug-likeness (QED) is 0.772. The molecule has 25 heavy (non-hydrogen) atoms. The van der Waals surface area contributed by atoms with Crippen molar-refractivity contribution in [3.63, 3.8) is 0 Å². The van der Waals surface area contributed by atoms with Gasteiger partial charge in [-0.2, -0.15) is 0 Å². The van der Waals surface area contributed by atoms with Gasteiger partial charge in [-0.25, -0.2) is 0 Å². The number of hydrogen-bond acceptors (Lipinski definition) is 4. The molecule has 0 N–H and O–H groups in total. The zero-order chi connectivity index (χ0) is 17.6. The van der Waals surface area contributed by atoms with E-state index in [0.29, 0.717) is 19.0 Å². The fourth-order valence-electron chi connectivity index (χ4n) is 2.72. The highest BCUT2D eigenvalue weighted by Gasteiger charge is 2.14. The summed E-state index contributed by atoms with van der Waals surface area (Å²) in [5.74, 6) is 3.04. The monoisotopic (exact) mass is 338 g/mol. The molecule has 0 amide bonds. The summed E-state index contributed by atoms with van der Waals surface area (Å²) in [5.41, 5.74) is 3.16.